The first-order valence-electron chi connectivity index (χ1n) is 7.63. The molecule has 7 heteroatoms. The average Bonchev–Trinajstić information content (AvgIpc) is 2.56. The fourth-order valence-electron chi connectivity index (χ4n) is 2.48. The summed E-state index contributed by atoms with van der Waals surface area (Å²) in [6, 6.07) is 5.92. The SMILES string of the molecule is CCNc1ccnc(N2CCN(c3ccc(C)nn3)CC2)n1. The van der Waals surface area contributed by atoms with E-state index in [1.165, 1.54) is 0 Å². The molecule has 0 radical (unpaired) electrons. The van der Waals surface area contributed by atoms with Gasteiger partial charge in [-0.3, -0.25) is 0 Å². The minimum atomic E-state index is 0.785. The first-order valence-corrected chi connectivity index (χ1v) is 7.63. The fourth-order valence-corrected chi connectivity index (χ4v) is 2.48. The zero-order valence-corrected chi connectivity index (χ0v) is 13.0. The van der Waals surface area contributed by atoms with Crippen LogP contribution in [0.15, 0.2) is 24.4 Å². The number of anilines is 3. The molecule has 0 aliphatic carbocycles. The van der Waals surface area contributed by atoms with Crippen LogP contribution in [-0.2, 0) is 0 Å². The summed E-state index contributed by atoms with van der Waals surface area (Å²) in [6.45, 7) is 8.41. The highest BCUT2D eigenvalue weighted by Crippen LogP contribution is 2.16. The summed E-state index contributed by atoms with van der Waals surface area (Å²) >= 11 is 0. The maximum atomic E-state index is 4.55. The van der Waals surface area contributed by atoms with Crippen LogP contribution in [0.25, 0.3) is 0 Å². The number of nitrogens with one attached hydrogen (secondary N) is 1. The molecular formula is C15H21N7. The molecule has 1 aliphatic rings. The Hall–Kier alpha value is -2.44. The number of rotatable bonds is 4. The first kappa shape index (κ1) is 14.5. The molecule has 2 aromatic rings. The second-order valence-corrected chi connectivity index (χ2v) is 5.28. The van der Waals surface area contributed by atoms with Gasteiger partial charge in [-0.2, -0.15) is 10.1 Å². The van der Waals surface area contributed by atoms with Gasteiger partial charge in [-0.05, 0) is 32.0 Å². The molecule has 1 aliphatic heterocycles. The van der Waals surface area contributed by atoms with Crippen molar-refractivity contribution in [2.75, 3.05) is 47.8 Å². The van der Waals surface area contributed by atoms with Gasteiger partial charge in [0.1, 0.15) is 5.82 Å². The van der Waals surface area contributed by atoms with Crippen LogP contribution in [0, 0.1) is 6.92 Å². The van der Waals surface area contributed by atoms with Crippen LogP contribution in [0.1, 0.15) is 12.6 Å². The van der Waals surface area contributed by atoms with Crippen molar-refractivity contribution >= 4 is 17.6 Å². The minimum absolute atomic E-state index is 0.785. The van der Waals surface area contributed by atoms with Crippen molar-refractivity contribution in [1.29, 1.82) is 0 Å². The Kier molecular flexibility index (Phi) is 4.32. The summed E-state index contributed by atoms with van der Waals surface area (Å²) in [7, 11) is 0. The highest BCUT2D eigenvalue weighted by molar-refractivity contribution is 5.44. The van der Waals surface area contributed by atoms with Gasteiger partial charge in [0.25, 0.3) is 0 Å². The van der Waals surface area contributed by atoms with Crippen molar-refractivity contribution in [2.45, 2.75) is 13.8 Å². The molecule has 0 bridgehead atoms. The van der Waals surface area contributed by atoms with Gasteiger partial charge < -0.3 is 15.1 Å². The summed E-state index contributed by atoms with van der Waals surface area (Å²) < 4.78 is 0. The highest BCUT2D eigenvalue weighted by Gasteiger charge is 2.20. The van der Waals surface area contributed by atoms with E-state index >= 15 is 0 Å². The Morgan fingerprint density at radius 2 is 1.82 bits per heavy atom. The topological polar surface area (TPSA) is 70.1 Å². The summed E-state index contributed by atoms with van der Waals surface area (Å²) in [5, 5.41) is 11.6. The number of hydrogen-bond donors (Lipinski definition) is 1. The lowest BCUT2D eigenvalue weighted by Crippen LogP contribution is -2.47. The van der Waals surface area contributed by atoms with Crippen LogP contribution in [0.4, 0.5) is 17.6 Å². The number of aromatic nitrogens is 4. The van der Waals surface area contributed by atoms with Gasteiger partial charge in [0.2, 0.25) is 5.95 Å². The molecule has 2 aromatic heterocycles. The molecule has 0 amide bonds. The van der Waals surface area contributed by atoms with Crippen molar-refractivity contribution in [2.24, 2.45) is 0 Å². The van der Waals surface area contributed by atoms with Gasteiger partial charge >= 0.3 is 0 Å². The third-order valence-electron chi connectivity index (χ3n) is 3.67. The second-order valence-electron chi connectivity index (χ2n) is 5.28. The van der Waals surface area contributed by atoms with E-state index in [0.29, 0.717) is 0 Å². The third-order valence-corrected chi connectivity index (χ3v) is 3.67. The van der Waals surface area contributed by atoms with Crippen molar-refractivity contribution in [1.82, 2.24) is 20.2 Å². The van der Waals surface area contributed by atoms with Crippen LogP contribution < -0.4 is 15.1 Å². The van der Waals surface area contributed by atoms with E-state index in [4.69, 9.17) is 0 Å². The monoisotopic (exact) mass is 299 g/mol. The highest BCUT2D eigenvalue weighted by atomic mass is 15.4. The number of piperazine rings is 1. The van der Waals surface area contributed by atoms with Crippen molar-refractivity contribution in [3.63, 3.8) is 0 Å². The van der Waals surface area contributed by atoms with Crippen molar-refractivity contribution in [3.05, 3.63) is 30.1 Å². The Labute approximate surface area is 130 Å². The van der Waals surface area contributed by atoms with Crippen molar-refractivity contribution in [3.8, 4) is 0 Å². The summed E-state index contributed by atoms with van der Waals surface area (Å²) in [5.74, 6) is 2.60. The lowest BCUT2D eigenvalue weighted by Gasteiger charge is -2.35. The van der Waals surface area contributed by atoms with Gasteiger partial charge in [-0.15, -0.1) is 5.10 Å². The number of nitrogens with zero attached hydrogens (tertiary/aromatic N) is 6. The van der Waals surface area contributed by atoms with Gasteiger partial charge in [-0.1, -0.05) is 0 Å². The minimum Gasteiger partial charge on any atom is -0.370 e. The Bertz CT molecular complexity index is 606. The van der Waals surface area contributed by atoms with E-state index in [2.05, 4.69) is 42.2 Å². The maximum Gasteiger partial charge on any atom is 0.227 e. The molecule has 1 fully saturated rings. The zero-order chi connectivity index (χ0) is 15.4. The molecule has 22 heavy (non-hydrogen) atoms. The van der Waals surface area contributed by atoms with E-state index in [1.807, 2.05) is 25.1 Å². The standard InChI is InChI=1S/C15H21N7/c1-3-16-13-6-7-17-15(18-13)22-10-8-21(9-11-22)14-5-4-12(2)19-20-14/h4-7H,3,8-11H2,1-2H3,(H,16,17,18). The van der Waals surface area contributed by atoms with E-state index < -0.39 is 0 Å². The van der Waals surface area contributed by atoms with Crippen molar-refractivity contribution < 1.29 is 0 Å². The molecule has 1 saturated heterocycles. The molecule has 0 aromatic carbocycles. The third kappa shape index (κ3) is 3.24. The smallest absolute Gasteiger partial charge is 0.227 e. The lowest BCUT2D eigenvalue weighted by molar-refractivity contribution is 0.631. The molecule has 3 heterocycles. The van der Waals surface area contributed by atoms with E-state index in [1.54, 1.807) is 6.20 Å². The van der Waals surface area contributed by atoms with E-state index in [-0.39, 0.29) is 0 Å². The molecular weight excluding hydrogens is 278 g/mol. The Balaban J connectivity index is 1.64. The van der Waals surface area contributed by atoms with Crippen LogP contribution in [0.5, 0.6) is 0 Å². The summed E-state index contributed by atoms with van der Waals surface area (Å²) in [6.07, 6.45) is 1.80. The molecule has 0 unspecified atom stereocenters. The van der Waals surface area contributed by atoms with Gasteiger partial charge in [0, 0.05) is 38.9 Å². The quantitative estimate of drug-likeness (QED) is 0.913. The van der Waals surface area contributed by atoms with Crippen LogP contribution in [0.2, 0.25) is 0 Å². The Morgan fingerprint density at radius 3 is 2.50 bits per heavy atom. The number of aryl methyl sites for hydroxylation is 1. The fraction of sp³-hybridized carbons (Fsp3) is 0.467. The van der Waals surface area contributed by atoms with Crippen LogP contribution in [-0.4, -0.2) is 52.9 Å². The molecule has 0 atom stereocenters. The first-order chi connectivity index (χ1) is 10.8. The zero-order valence-electron chi connectivity index (χ0n) is 13.0. The summed E-state index contributed by atoms with van der Waals surface area (Å²) in [5.41, 5.74) is 0.941. The van der Waals surface area contributed by atoms with E-state index in [9.17, 15) is 0 Å². The van der Waals surface area contributed by atoms with Gasteiger partial charge in [0.05, 0.1) is 5.69 Å². The molecule has 7 nitrogen and oxygen atoms in total. The maximum absolute atomic E-state index is 4.55. The van der Waals surface area contributed by atoms with Crippen LogP contribution in [0.3, 0.4) is 0 Å². The predicted molar refractivity (Wildman–Crippen MR) is 87.4 cm³/mol. The predicted octanol–water partition coefficient (Wildman–Crippen LogP) is 1.33. The normalized spacial score (nSPS) is 15.0. The largest absolute Gasteiger partial charge is 0.370 e. The van der Waals surface area contributed by atoms with Gasteiger partial charge in [0.15, 0.2) is 5.82 Å². The molecule has 3 rings (SSSR count). The lowest BCUT2D eigenvalue weighted by atomic mass is 10.3. The average molecular weight is 299 g/mol. The second kappa shape index (κ2) is 6.55. The molecule has 1 N–H and O–H groups in total. The Morgan fingerprint density at radius 1 is 1.05 bits per heavy atom. The molecule has 0 saturated carbocycles. The number of hydrogen-bond acceptors (Lipinski definition) is 7. The van der Waals surface area contributed by atoms with Gasteiger partial charge in [-0.25, -0.2) is 4.98 Å². The van der Waals surface area contributed by atoms with Crippen LogP contribution >= 0.6 is 0 Å². The molecule has 116 valence electrons. The molecule has 0 spiro atoms. The summed E-state index contributed by atoms with van der Waals surface area (Å²) in [4.78, 5) is 13.4. The van der Waals surface area contributed by atoms with E-state index in [0.717, 1.165) is 56.0 Å².